The first kappa shape index (κ1) is 12.5. The van der Waals surface area contributed by atoms with Crippen LogP contribution in [0, 0.1) is 5.92 Å². The van der Waals surface area contributed by atoms with Gasteiger partial charge in [0.1, 0.15) is 0 Å². The van der Waals surface area contributed by atoms with Gasteiger partial charge < -0.3 is 5.32 Å². The molecular weight excluding hydrogens is 296 g/mol. The van der Waals surface area contributed by atoms with Crippen LogP contribution in [0.4, 0.5) is 8.78 Å². The van der Waals surface area contributed by atoms with E-state index in [-0.39, 0.29) is 17.2 Å². The van der Waals surface area contributed by atoms with E-state index < -0.39 is 5.92 Å². The van der Waals surface area contributed by atoms with Gasteiger partial charge >= 0.3 is 0 Å². The molecule has 1 saturated heterocycles. The third kappa shape index (κ3) is 3.02. The molecule has 0 saturated carbocycles. The highest BCUT2D eigenvalue weighted by Gasteiger charge is 2.36. The molecule has 1 nitrogen and oxygen atoms in total. The summed E-state index contributed by atoms with van der Waals surface area (Å²) in [5, 5.41) is 3.17. The number of halogens is 3. The summed E-state index contributed by atoms with van der Waals surface area (Å²) < 4.78 is 28.6. The van der Waals surface area contributed by atoms with Crippen molar-refractivity contribution in [3.63, 3.8) is 0 Å². The smallest absolute Gasteiger partial charge is 0.282 e. The molecule has 90 valence electrons. The molecule has 0 radical (unpaired) electrons. The van der Waals surface area contributed by atoms with Crippen molar-refractivity contribution in [2.45, 2.75) is 25.2 Å². The van der Waals surface area contributed by atoms with Crippen LogP contribution < -0.4 is 5.32 Å². The number of piperidine rings is 1. The van der Waals surface area contributed by atoms with E-state index in [9.17, 15) is 8.78 Å². The van der Waals surface area contributed by atoms with Crippen LogP contribution in [-0.4, -0.2) is 13.1 Å². The highest BCUT2D eigenvalue weighted by molar-refractivity contribution is 9.11. The Bertz CT molecular complexity index is 348. The Morgan fingerprint density at radius 1 is 1.50 bits per heavy atom. The zero-order valence-corrected chi connectivity index (χ0v) is 11.2. The third-order valence-electron chi connectivity index (χ3n) is 2.88. The molecule has 0 bridgehead atoms. The van der Waals surface area contributed by atoms with Crippen LogP contribution >= 0.6 is 27.3 Å². The fraction of sp³-hybridized carbons (Fsp3) is 0.636. The van der Waals surface area contributed by atoms with Gasteiger partial charge in [0.2, 0.25) is 0 Å². The summed E-state index contributed by atoms with van der Waals surface area (Å²) in [5.41, 5.74) is 0. The molecule has 2 heterocycles. The van der Waals surface area contributed by atoms with E-state index in [2.05, 4.69) is 21.2 Å². The maximum absolute atomic E-state index is 13.9. The van der Waals surface area contributed by atoms with Crippen LogP contribution in [0.25, 0.3) is 0 Å². The number of thiophene rings is 1. The average Bonchev–Trinajstić information content (AvgIpc) is 2.66. The fourth-order valence-corrected chi connectivity index (χ4v) is 3.44. The van der Waals surface area contributed by atoms with Gasteiger partial charge in [-0.05, 0) is 59.9 Å². The van der Waals surface area contributed by atoms with Crippen molar-refractivity contribution in [3.05, 3.63) is 20.8 Å². The molecule has 2 rings (SSSR count). The zero-order valence-electron chi connectivity index (χ0n) is 8.81. The third-order valence-corrected chi connectivity index (χ3v) is 4.61. The summed E-state index contributed by atoms with van der Waals surface area (Å²) in [4.78, 5) is 0.171. The molecule has 1 aliphatic rings. The standard InChI is InChI=1S/C11H14BrF2NS/c12-10-4-3-9(16-10)11(13,14)6-8-2-1-5-15-7-8/h3-4,8,15H,1-2,5-7H2. The molecule has 1 atom stereocenters. The number of alkyl halides is 2. The van der Waals surface area contributed by atoms with Gasteiger partial charge in [0.05, 0.1) is 8.66 Å². The van der Waals surface area contributed by atoms with E-state index in [0.29, 0.717) is 0 Å². The summed E-state index contributed by atoms with van der Waals surface area (Å²) in [5.74, 6) is -2.58. The predicted octanol–water partition coefficient (Wildman–Crippen LogP) is 3.99. The minimum Gasteiger partial charge on any atom is -0.316 e. The van der Waals surface area contributed by atoms with E-state index in [4.69, 9.17) is 0 Å². The molecule has 1 aromatic heterocycles. The first-order chi connectivity index (χ1) is 7.58. The second-order valence-electron chi connectivity index (χ2n) is 4.22. The van der Waals surface area contributed by atoms with Crippen molar-refractivity contribution in [2.24, 2.45) is 5.92 Å². The Labute approximate surface area is 106 Å². The molecule has 1 fully saturated rings. The molecule has 0 aliphatic carbocycles. The summed E-state index contributed by atoms with van der Waals surface area (Å²) in [6, 6.07) is 3.21. The Balaban J connectivity index is 2.01. The van der Waals surface area contributed by atoms with Gasteiger partial charge in [0.25, 0.3) is 5.92 Å². The lowest BCUT2D eigenvalue weighted by Gasteiger charge is -2.26. The van der Waals surface area contributed by atoms with Gasteiger partial charge in [0, 0.05) is 6.42 Å². The summed E-state index contributed by atoms with van der Waals surface area (Å²) >= 11 is 4.35. The minimum absolute atomic E-state index is 0.0348. The lowest BCUT2D eigenvalue weighted by molar-refractivity contribution is -0.0282. The van der Waals surface area contributed by atoms with Crippen molar-refractivity contribution >= 4 is 27.3 Å². The molecule has 1 aliphatic heterocycles. The number of hydrogen-bond acceptors (Lipinski definition) is 2. The summed E-state index contributed by atoms with van der Waals surface area (Å²) in [6.45, 7) is 1.69. The van der Waals surface area contributed by atoms with Crippen molar-refractivity contribution < 1.29 is 8.78 Å². The van der Waals surface area contributed by atoms with Crippen LogP contribution in [-0.2, 0) is 5.92 Å². The number of hydrogen-bond donors (Lipinski definition) is 1. The van der Waals surface area contributed by atoms with Crippen LogP contribution in [0.3, 0.4) is 0 Å². The molecule has 1 unspecified atom stereocenters. The van der Waals surface area contributed by atoms with Gasteiger partial charge in [-0.3, -0.25) is 0 Å². The first-order valence-electron chi connectivity index (χ1n) is 5.42. The van der Waals surface area contributed by atoms with E-state index in [1.165, 1.54) is 6.07 Å². The highest BCUT2D eigenvalue weighted by atomic mass is 79.9. The molecular formula is C11H14BrF2NS. The van der Waals surface area contributed by atoms with Crippen LogP contribution in [0.5, 0.6) is 0 Å². The van der Waals surface area contributed by atoms with E-state index in [1.807, 2.05) is 0 Å². The molecule has 0 aromatic carbocycles. The van der Waals surface area contributed by atoms with E-state index in [1.54, 1.807) is 6.07 Å². The SMILES string of the molecule is FC(F)(CC1CCCNC1)c1ccc(Br)s1. The Kier molecular flexibility index (Phi) is 3.97. The van der Waals surface area contributed by atoms with Gasteiger partial charge in [0.15, 0.2) is 0 Å². The van der Waals surface area contributed by atoms with Gasteiger partial charge in [-0.15, -0.1) is 11.3 Å². The van der Waals surface area contributed by atoms with Gasteiger partial charge in [-0.25, -0.2) is 8.78 Å². The summed E-state index contributed by atoms with van der Waals surface area (Å²) in [6.07, 6.45) is 1.89. The topological polar surface area (TPSA) is 12.0 Å². The number of nitrogens with one attached hydrogen (secondary N) is 1. The highest BCUT2D eigenvalue weighted by Crippen LogP contribution is 2.40. The van der Waals surface area contributed by atoms with Gasteiger partial charge in [-0.2, -0.15) is 0 Å². The largest absolute Gasteiger partial charge is 0.316 e. The van der Waals surface area contributed by atoms with E-state index in [0.717, 1.165) is 41.1 Å². The lowest BCUT2D eigenvalue weighted by atomic mass is 9.92. The Morgan fingerprint density at radius 2 is 2.31 bits per heavy atom. The maximum Gasteiger partial charge on any atom is 0.282 e. The van der Waals surface area contributed by atoms with Crippen molar-refractivity contribution in [1.29, 1.82) is 0 Å². The molecule has 0 amide bonds. The first-order valence-corrected chi connectivity index (χ1v) is 7.03. The van der Waals surface area contributed by atoms with E-state index >= 15 is 0 Å². The van der Waals surface area contributed by atoms with Gasteiger partial charge in [-0.1, -0.05) is 0 Å². The second kappa shape index (κ2) is 5.10. The predicted molar refractivity (Wildman–Crippen MR) is 66.1 cm³/mol. The lowest BCUT2D eigenvalue weighted by Crippen LogP contribution is -2.32. The maximum atomic E-state index is 13.9. The molecule has 5 heteroatoms. The Hall–Kier alpha value is -0.0000000000000000833. The summed E-state index contributed by atoms with van der Waals surface area (Å²) in [7, 11) is 0. The average molecular weight is 310 g/mol. The Morgan fingerprint density at radius 3 is 2.88 bits per heavy atom. The zero-order chi connectivity index (χ0) is 11.6. The van der Waals surface area contributed by atoms with Crippen molar-refractivity contribution in [3.8, 4) is 0 Å². The van der Waals surface area contributed by atoms with Crippen molar-refractivity contribution in [1.82, 2.24) is 5.32 Å². The van der Waals surface area contributed by atoms with Crippen molar-refractivity contribution in [2.75, 3.05) is 13.1 Å². The van der Waals surface area contributed by atoms with Crippen LogP contribution in [0.1, 0.15) is 24.1 Å². The quantitative estimate of drug-likeness (QED) is 0.890. The molecule has 1 N–H and O–H groups in total. The second-order valence-corrected chi connectivity index (χ2v) is 6.69. The normalized spacial score (nSPS) is 22.3. The number of rotatable bonds is 3. The molecule has 16 heavy (non-hydrogen) atoms. The molecule has 1 aromatic rings. The minimum atomic E-state index is -2.68. The molecule has 0 spiro atoms. The van der Waals surface area contributed by atoms with Crippen LogP contribution in [0.15, 0.2) is 15.9 Å². The van der Waals surface area contributed by atoms with Crippen LogP contribution in [0.2, 0.25) is 0 Å². The fourth-order valence-electron chi connectivity index (χ4n) is 2.07. The monoisotopic (exact) mass is 309 g/mol.